The molecule has 3 aromatic rings. The van der Waals surface area contributed by atoms with E-state index in [1.54, 1.807) is 12.1 Å². The van der Waals surface area contributed by atoms with E-state index < -0.39 is 5.76 Å². The van der Waals surface area contributed by atoms with Crippen molar-refractivity contribution >= 4 is 28.3 Å². The minimum Gasteiger partial charge on any atom is -0.408 e. The molecule has 2 aromatic heterocycles. The Kier molecular flexibility index (Phi) is 3.39. The van der Waals surface area contributed by atoms with Crippen molar-refractivity contribution in [1.82, 2.24) is 10.3 Å². The number of hydrogen-bond acceptors (Lipinski definition) is 4. The smallest absolute Gasteiger partial charge is 0.408 e. The molecule has 0 aliphatic rings. The number of aromatic nitrogens is 1. The summed E-state index contributed by atoms with van der Waals surface area (Å²) in [5.41, 5.74) is 2.25. The molecule has 1 amide bonds. The maximum Gasteiger partial charge on any atom is 0.417 e. The van der Waals surface area contributed by atoms with E-state index in [-0.39, 0.29) is 5.91 Å². The summed E-state index contributed by atoms with van der Waals surface area (Å²) in [6, 6.07) is 9.14. The van der Waals surface area contributed by atoms with Crippen LogP contribution in [0.25, 0.3) is 11.1 Å². The molecule has 0 spiro atoms. The molecule has 0 saturated heterocycles. The first-order valence-electron chi connectivity index (χ1n) is 6.16. The second-order valence-corrected chi connectivity index (χ2v) is 5.28. The Morgan fingerprint density at radius 3 is 3.05 bits per heavy atom. The molecular weight excluding hydrogens is 276 g/mol. The van der Waals surface area contributed by atoms with Gasteiger partial charge in [-0.2, -0.15) is 0 Å². The van der Waals surface area contributed by atoms with Crippen LogP contribution < -0.4 is 11.1 Å². The molecule has 0 unspecified atom stereocenters. The molecular formula is C14H12N2O3S. The van der Waals surface area contributed by atoms with Crippen LogP contribution in [0.2, 0.25) is 0 Å². The summed E-state index contributed by atoms with van der Waals surface area (Å²) in [6.07, 6.45) is 0.695. The van der Waals surface area contributed by atoms with Gasteiger partial charge in [-0.3, -0.25) is 9.78 Å². The maximum absolute atomic E-state index is 11.7. The second-order valence-electron chi connectivity index (χ2n) is 4.33. The topological polar surface area (TPSA) is 75.1 Å². The van der Waals surface area contributed by atoms with Crippen molar-refractivity contribution in [3.8, 4) is 0 Å². The third-order valence-electron chi connectivity index (χ3n) is 2.93. The first-order valence-corrected chi connectivity index (χ1v) is 7.04. The average molecular weight is 288 g/mol. The average Bonchev–Trinajstić information content (AvgIpc) is 3.05. The number of carbonyl (C=O) groups is 1. The molecule has 5 nitrogen and oxygen atoms in total. The van der Waals surface area contributed by atoms with E-state index >= 15 is 0 Å². The van der Waals surface area contributed by atoms with Crippen LogP contribution in [0.5, 0.6) is 0 Å². The van der Waals surface area contributed by atoms with Crippen LogP contribution in [0.15, 0.2) is 44.9 Å². The van der Waals surface area contributed by atoms with E-state index in [0.717, 1.165) is 5.56 Å². The normalized spacial score (nSPS) is 10.8. The quantitative estimate of drug-likeness (QED) is 0.772. The van der Waals surface area contributed by atoms with E-state index in [4.69, 9.17) is 4.42 Å². The fraction of sp³-hybridized carbons (Fsp3) is 0.143. The Morgan fingerprint density at radius 1 is 1.35 bits per heavy atom. The molecule has 0 fully saturated rings. The lowest BCUT2D eigenvalue weighted by Crippen LogP contribution is -2.24. The number of amides is 1. The number of benzene rings is 1. The molecule has 0 atom stereocenters. The summed E-state index contributed by atoms with van der Waals surface area (Å²) in [5, 5.41) is 4.74. The molecule has 0 radical (unpaired) electrons. The Balaban J connectivity index is 1.62. The number of hydrogen-bond donors (Lipinski definition) is 2. The van der Waals surface area contributed by atoms with E-state index in [1.165, 1.54) is 11.3 Å². The van der Waals surface area contributed by atoms with Gasteiger partial charge >= 0.3 is 5.76 Å². The van der Waals surface area contributed by atoms with Gasteiger partial charge in [0.1, 0.15) is 0 Å². The molecule has 2 N–H and O–H groups in total. The van der Waals surface area contributed by atoms with Gasteiger partial charge in [0.25, 0.3) is 5.91 Å². The fourth-order valence-electron chi connectivity index (χ4n) is 1.97. The van der Waals surface area contributed by atoms with Crippen molar-refractivity contribution in [2.75, 3.05) is 6.54 Å². The highest BCUT2D eigenvalue weighted by Crippen LogP contribution is 2.12. The summed E-state index contributed by atoms with van der Waals surface area (Å²) in [5.74, 6) is -0.513. The fourth-order valence-corrected chi connectivity index (χ4v) is 2.61. The molecule has 6 heteroatoms. The number of fused-ring (bicyclic) bond motifs is 1. The number of aromatic amines is 1. The molecule has 2 heterocycles. The van der Waals surface area contributed by atoms with E-state index in [1.807, 2.05) is 23.6 Å². The Hall–Kier alpha value is -2.34. The molecule has 0 saturated carbocycles. The van der Waals surface area contributed by atoms with Crippen molar-refractivity contribution < 1.29 is 9.21 Å². The zero-order valence-electron chi connectivity index (χ0n) is 10.5. The zero-order chi connectivity index (χ0) is 13.9. The summed E-state index contributed by atoms with van der Waals surface area (Å²) in [7, 11) is 0. The van der Waals surface area contributed by atoms with Gasteiger partial charge in [0.15, 0.2) is 5.58 Å². The van der Waals surface area contributed by atoms with E-state index in [0.29, 0.717) is 28.9 Å². The van der Waals surface area contributed by atoms with Gasteiger partial charge < -0.3 is 9.73 Å². The third-order valence-corrected chi connectivity index (χ3v) is 3.80. The first kappa shape index (κ1) is 12.7. The second kappa shape index (κ2) is 5.34. The predicted molar refractivity (Wildman–Crippen MR) is 77.2 cm³/mol. The van der Waals surface area contributed by atoms with Gasteiger partial charge in [-0.1, -0.05) is 12.1 Å². The molecule has 102 valence electrons. The molecule has 20 heavy (non-hydrogen) atoms. The monoisotopic (exact) mass is 288 g/mol. The summed E-state index contributed by atoms with van der Waals surface area (Å²) >= 11 is 1.42. The van der Waals surface area contributed by atoms with Crippen molar-refractivity contribution in [3.05, 3.63) is 56.7 Å². The van der Waals surface area contributed by atoms with Crippen LogP contribution in [0.4, 0.5) is 0 Å². The standard InChI is InChI=1S/C14H12N2O3S/c17-13(12-2-1-7-20-12)15-6-5-9-3-4-11-10(8-9)16-14(18)19-11/h1-4,7-8H,5-6H2,(H,15,17)(H,16,18). The van der Waals surface area contributed by atoms with Gasteiger partial charge in [0, 0.05) is 6.54 Å². The highest BCUT2D eigenvalue weighted by atomic mass is 32.1. The van der Waals surface area contributed by atoms with Crippen LogP contribution in [0.3, 0.4) is 0 Å². The van der Waals surface area contributed by atoms with Crippen LogP contribution in [0.1, 0.15) is 15.2 Å². The Labute approximate surface area is 118 Å². The summed E-state index contributed by atoms with van der Waals surface area (Å²) in [6.45, 7) is 0.546. The Morgan fingerprint density at radius 2 is 2.25 bits per heavy atom. The zero-order valence-corrected chi connectivity index (χ0v) is 11.3. The summed E-state index contributed by atoms with van der Waals surface area (Å²) < 4.78 is 4.94. The van der Waals surface area contributed by atoms with Crippen molar-refractivity contribution in [2.24, 2.45) is 0 Å². The van der Waals surface area contributed by atoms with Crippen LogP contribution in [0, 0.1) is 0 Å². The largest absolute Gasteiger partial charge is 0.417 e. The van der Waals surface area contributed by atoms with Crippen molar-refractivity contribution in [1.29, 1.82) is 0 Å². The van der Waals surface area contributed by atoms with Crippen LogP contribution in [-0.4, -0.2) is 17.4 Å². The predicted octanol–water partition coefficient (Wildman–Crippen LogP) is 2.16. The Bertz CT molecular complexity index is 786. The first-order chi connectivity index (χ1) is 9.72. The minimum atomic E-state index is -0.455. The SMILES string of the molecule is O=C(NCCc1ccc2oc(=O)[nH]c2c1)c1cccs1. The highest BCUT2D eigenvalue weighted by Gasteiger charge is 2.06. The number of oxazole rings is 1. The van der Waals surface area contributed by atoms with Gasteiger partial charge in [-0.25, -0.2) is 4.79 Å². The number of H-pyrrole nitrogens is 1. The number of carbonyl (C=O) groups excluding carboxylic acids is 1. The number of nitrogens with one attached hydrogen (secondary N) is 2. The lowest BCUT2D eigenvalue weighted by atomic mass is 10.1. The van der Waals surface area contributed by atoms with Crippen molar-refractivity contribution in [3.63, 3.8) is 0 Å². The van der Waals surface area contributed by atoms with Crippen molar-refractivity contribution in [2.45, 2.75) is 6.42 Å². The number of rotatable bonds is 4. The van der Waals surface area contributed by atoms with Crippen LogP contribution >= 0.6 is 11.3 Å². The highest BCUT2D eigenvalue weighted by molar-refractivity contribution is 7.12. The maximum atomic E-state index is 11.7. The van der Waals surface area contributed by atoms with Gasteiger partial charge in [0.05, 0.1) is 10.4 Å². The molecule has 0 aliphatic carbocycles. The van der Waals surface area contributed by atoms with Crippen LogP contribution in [-0.2, 0) is 6.42 Å². The lowest BCUT2D eigenvalue weighted by molar-refractivity contribution is 0.0958. The van der Waals surface area contributed by atoms with Gasteiger partial charge in [-0.05, 0) is 35.6 Å². The minimum absolute atomic E-state index is 0.0576. The lowest BCUT2D eigenvalue weighted by Gasteiger charge is -2.03. The van der Waals surface area contributed by atoms with E-state index in [9.17, 15) is 9.59 Å². The summed E-state index contributed by atoms with van der Waals surface area (Å²) in [4.78, 5) is 26.1. The van der Waals surface area contributed by atoms with Gasteiger partial charge in [0.2, 0.25) is 0 Å². The third kappa shape index (κ3) is 2.65. The number of thiophene rings is 1. The van der Waals surface area contributed by atoms with Gasteiger partial charge in [-0.15, -0.1) is 11.3 Å². The van der Waals surface area contributed by atoms with E-state index in [2.05, 4.69) is 10.3 Å². The molecule has 3 rings (SSSR count). The molecule has 0 bridgehead atoms. The molecule has 0 aliphatic heterocycles. The molecule has 1 aromatic carbocycles.